The molecule has 1 aliphatic heterocycles. The summed E-state index contributed by atoms with van der Waals surface area (Å²) in [5.74, 6) is -1.74. The van der Waals surface area contributed by atoms with Gasteiger partial charge in [0.25, 0.3) is 0 Å². The second-order valence-electron chi connectivity index (χ2n) is 10.5. The number of benzene rings is 3. The van der Waals surface area contributed by atoms with Gasteiger partial charge in [-0.05, 0) is 48.5 Å². The average molecular weight is 589 g/mol. The van der Waals surface area contributed by atoms with E-state index in [1.165, 1.54) is 28.2 Å². The van der Waals surface area contributed by atoms with Crippen LogP contribution >= 0.6 is 0 Å². The van der Waals surface area contributed by atoms with E-state index >= 15 is 0 Å². The highest BCUT2D eigenvalue weighted by molar-refractivity contribution is 5.72. The topological polar surface area (TPSA) is 149 Å². The summed E-state index contributed by atoms with van der Waals surface area (Å²) < 4.78 is 32.1. The lowest BCUT2D eigenvalue weighted by molar-refractivity contribution is -0.00948. The summed E-state index contributed by atoms with van der Waals surface area (Å²) in [5.41, 5.74) is 13.1. The predicted octanol–water partition coefficient (Wildman–Crippen LogP) is 1.98. The highest BCUT2D eigenvalue weighted by Crippen LogP contribution is 2.29. The van der Waals surface area contributed by atoms with Gasteiger partial charge in [-0.15, -0.1) is 0 Å². The van der Waals surface area contributed by atoms with Gasteiger partial charge >= 0.3 is 5.69 Å². The zero-order chi connectivity index (χ0) is 30.1. The van der Waals surface area contributed by atoms with Crippen LogP contribution in [0.3, 0.4) is 0 Å². The van der Waals surface area contributed by atoms with Gasteiger partial charge in [0.1, 0.15) is 36.2 Å². The highest BCUT2D eigenvalue weighted by Gasteiger charge is 2.35. The van der Waals surface area contributed by atoms with E-state index in [0.717, 1.165) is 54.4 Å². The summed E-state index contributed by atoms with van der Waals surface area (Å²) in [5, 5.41) is 19.8. The Bertz CT molecular complexity index is 1780. The Labute approximate surface area is 245 Å². The van der Waals surface area contributed by atoms with Crippen molar-refractivity contribution >= 4 is 22.7 Å². The number of anilines is 4. The van der Waals surface area contributed by atoms with Gasteiger partial charge in [0.2, 0.25) is 0 Å². The quantitative estimate of drug-likeness (QED) is 0.231. The molecule has 1 fully saturated rings. The Balaban J connectivity index is 1.18. The number of halogens is 2. The third-order valence-electron chi connectivity index (χ3n) is 7.63. The molecule has 1 atom stereocenters. The minimum absolute atomic E-state index is 0.200. The molecule has 0 aliphatic carbocycles. The van der Waals surface area contributed by atoms with Crippen LogP contribution in [0.5, 0.6) is 0 Å². The molecule has 1 saturated heterocycles. The molecule has 6 rings (SSSR count). The fraction of sp³-hybridized carbons (Fsp3) is 0.241. The fourth-order valence-electron chi connectivity index (χ4n) is 5.43. The molecule has 43 heavy (non-hydrogen) atoms. The zero-order valence-corrected chi connectivity index (χ0v) is 23.1. The predicted molar refractivity (Wildman–Crippen MR) is 158 cm³/mol. The largest absolute Gasteiger partial charge is 0.399 e. The zero-order valence-electron chi connectivity index (χ0n) is 23.1. The summed E-state index contributed by atoms with van der Waals surface area (Å²) in [6, 6.07) is 15.9. The van der Waals surface area contributed by atoms with E-state index in [1.807, 2.05) is 36.4 Å². The lowest BCUT2D eigenvalue weighted by atomic mass is 9.93. The third-order valence-corrected chi connectivity index (χ3v) is 7.63. The van der Waals surface area contributed by atoms with Crippen molar-refractivity contribution in [1.29, 1.82) is 0 Å². The molecule has 3 aromatic carbocycles. The van der Waals surface area contributed by atoms with E-state index in [9.17, 15) is 18.7 Å². The molecule has 0 amide bonds. The van der Waals surface area contributed by atoms with Gasteiger partial charge in [-0.3, -0.25) is 0 Å². The lowest BCUT2D eigenvalue weighted by Crippen LogP contribution is -2.46. The van der Waals surface area contributed by atoms with Crippen LogP contribution in [0.4, 0.5) is 31.5 Å². The summed E-state index contributed by atoms with van der Waals surface area (Å²) in [7, 11) is 0. The van der Waals surface area contributed by atoms with Crippen LogP contribution in [0.1, 0.15) is 5.56 Å². The molecular weight excluding hydrogens is 558 g/mol. The number of aromatic nitrogens is 6. The molecule has 0 spiro atoms. The minimum atomic E-state index is -1.99. The van der Waals surface area contributed by atoms with Crippen molar-refractivity contribution in [2.45, 2.75) is 18.7 Å². The summed E-state index contributed by atoms with van der Waals surface area (Å²) in [6.07, 6.45) is 3.95. The van der Waals surface area contributed by atoms with Gasteiger partial charge in [-0.2, -0.15) is 10.2 Å². The molecule has 5 N–H and O–H groups in total. The maximum Gasteiger partial charge on any atom is 0.350 e. The molecule has 3 heterocycles. The van der Waals surface area contributed by atoms with Crippen LogP contribution in [0, 0.1) is 11.6 Å². The smallest absolute Gasteiger partial charge is 0.350 e. The van der Waals surface area contributed by atoms with E-state index in [2.05, 4.69) is 25.0 Å². The van der Waals surface area contributed by atoms with E-state index in [1.54, 1.807) is 6.07 Å². The van der Waals surface area contributed by atoms with Crippen LogP contribution in [0.25, 0.3) is 5.69 Å². The average Bonchev–Trinajstić information content (AvgIpc) is 3.62. The molecule has 1 unspecified atom stereocenters. The Kier molecular flexibility index (Phi) is 7.27. The lowest BCUT2D eigenvalue weighted by Gasteiger charge is -2.38. The number of piperazine rings is 1. The van der Waals surface area contributed by atoms with Crippen molar-refractivity contribution in [3.63, 3.8) is 0 Å². The fourth-order valence-corrected chi connectivity index (χ4v) is 5.43. The number of nitrogens with two attached hydrogens (primary N) is 2. The van der Waals surface area contributed by atoms with Crippen molar-refractivity contribution in [2.75, 3.05) is 47.4 Å². The Hall–Kier alpha value is -5.24. The van der Waals surface area contributed by atoms with Crippen LogP contribution < -0.4 is 27.0 Å². The highest BCUT2D eigenvalue weighted by atomic mass is 19.1. The van der Waals surface area contributed by atoms with Gasteiger partial charge in [0.05, 0.1) is 30.2 Å². The van der Waals surface area contributed by atoms with Crippen LogP contribution in [-0.2, 0) is 18.7 Å². The van der Waals surface area contributed by atoms with E-state index in [4.69, 9.17) is 11.5 Å². The van der Waals surface area contributed by atoms with Gasteiger partial charge in [-0.1, -0.05) is 6.07 Å². The van der Waals surface area contributed by atoms with Crippen LogP contribution in [0.2, 0.25) is 0 Å². The van der Waals surface area contributed by atoms with Crippen molar-refractivity contribution in [2.24, 2.45) is 0 Å². The first-order chi connectivity index (χ1) is 20.7. The Morgan fingerprint density at radius 2 is 1.56 bits per heavy atom. The number of rotatable bonds is 8. The van der Waals surface area contributed by atoms with Crippen molar-refractivity contribution < 1.29 is 13.9 Å². The van der Waals surface area contributed by atoms with E-state index < -0.39 is 29.5 Å². The van der Waals surface area contributed by atoms with Crippen molar-refractivity contribution in [1.82, 2.24) is 29.1 Å². The Morgan fingerprint density at radius 3 is 2.23 bits per heavy atom. The summed E-state index contributed by atoms with van der Waals surface area (Å²) >= 11 is 0. The molecule has 2 aromatic heterocycles. The van der Waals surface area contributed by atoms with Gasteiger partial charge in [-0.25, -0.2) is 32.5 Å². The van der Waals surface area contributed by atoms with Gasteiger partial charge in [0, 0.05) is 49.2 Å². The second-order valence-corrected chi connectivity index (χ2v) is 10.5. The molecule has 222 valence electrons. The molecule has 5 aromatic rings. The number of nitrogen functional groups attached to an aromatic ring is 2. The molecule has 1 aliphatic rings. The number of nitrogens with zero attached hydrogens (tertiary/aromatic N) is 8. The standard InChI is InChI=1S/C29H30F2N10O2/c30-20-1-7-24(25(31)13-20)29(43,15-39-18-34-17-35-39)16-41-28(42)40(19-36-41)23-5-3-22(4-6-23)37-9-11-38(12-10-37)27-8-2-21(32)14-26(27)33/h1-8,13-14,17-19,43H,9-12,15-16,32-33H2. The third kappa shape index (κ3) is 5.64. The first kappa shape index (κ1) is 27.9. The SMILES string of the molecule is Nc1ccc(N2CCN(c3ccc(-n4cnn(CC(O)(Cn5cncn5)c5ccc(F)cc5F)c4=O)cc3)CC2)c(N)c1. The molecular formula is C29H30F2N10O2. The molecule has 0 saturated carbocycles. The number of hydrogen-bond donors (Lipinski definition) is 3. The Morgan fingerprint density at radius 1 is 0.837 bits per heavy atom. The molecule has 14 heteroatoms. The molecule has 0 radical (unpaired) electrons. The van der Waals surface area contributed by atoms with Gasteiger partial charge < -0.3 is 26.4 Å². The van der Waals surface area contributed by atoms with Crippen molar-refractivity contribution in [3.05, 3.63) is 107 Å². The maximum absolute atomic E-state index is 14.8. The van der Waals surface area contributed by atoms with Crippen molar-refractivity contribution in [3.8, 4) is 5.69 Å². The first-order valence-corrected chi connectivity index (χ1v) is 13.6. The van der Waals surface area contributed by atoms with Gasteiger partial charge in [0.15, 0.2) is 0 Å². The summed E-state index contributed by atoms with van der Waals surface area (Å²) in [6.45, 7) is 2.48. The monoisotopic (exact) mass is 588 g/mol. The molecule has 0 bridgehead atoms. The number of aliphatic hydroxyl groups is 1. The van der Waals surface area contributed by atoms with Crippen LogP contribution in [0.15, 0.2) is 84.4 Å². The number of hydrogen-bond acceptors (Lipinski definition) is 9. The second kappa shape index (κ2) is 11.2. The van der Waals surface area contributed by atoms with E-state index in [0.29, 0.717) is 23.1 Å². The summed E-state index contributed by atoms with van der Waals surface area (Å²) in [4.78, 5) is 21.7. The molecule has 12 nitrogen and oxygen atoms in total. The minimum Gasteiger partial charge on any atom is -0.399 e. The normalized spacial score (nSPS) is 15.0. The first-order valence-electron chi connectivity index (χ1n) is 13.6. The maximum atomic E-state index is 14.8. The van der Waals surface area contributed by atoms with E-state index in [-0.39, 0.29) is 12.1 Å². The van der Waals surface area contributed by atoms with Crippen LogP contribution in [-0.4, -0.2) is 60.4 Å².